The van der Waals surface area contributed by atoms with Gasteiger partial charge in [-0.1, -0.05) is 49.3 Å². The molecule has 0 saturated carbocycles. The van der Waals surface area contributed by atoms with Gasteiger partial charge in [0.15, 0.2) is 6.29 Å². The van der Waals surface area contributed by atoms with E-state index in [1.807, 2.05) is 44.2 Å². The molecule has 12 nitrogen and oxygen atoms in total. The highest BCUT2D eigenvalue weighted by molar-refractivity contribution is 7.89. The largest absolute Gasteiger partial charge is 0.497 e. The number of sulfonamides is 1. The van der Waals surface area contributed by atoms with E-state index in [1.54, 1.807) is 19.1 Å². The van der Waals surface area contributed by atoms with E-state index in [0.29, 0.717) is 30.9 Å². The number of fused-ring (bicyclic) bond motifs is 1. The normalized spacial score (nSPS) is 21.7. The van der Waals surface area contributed by atoms with Gasteiger partial charge >= 0.3 is 6.09 Å². The first-order chi connectivity index (χ1) is 21.4. The number of benzene rings is 2. The van der Waals surface area contributed by atoms with E-state index in [4.69, 9.17) is 24.2 Å². The Balaban J connectivity index is 1.57. The fourth-order valence-corrected chi connectivity index (χ4v) is 7.27. The molecule has 0 aromatic heterocycles. The van der Waals surface area contributed by atoms with Crippen molar-refractivity contribution in [2.45, 2.75) is 75.9 Å². The number of hydrogen-bond acceptors (Lipinski definition) is 10. The predicted molar refractivity (Wildman–Crippen MR) is 167 cm³/mol. The highest BCUT2D eigenvalue weighted by Crippen LogP contribution is 2.33. The Labute approximate surface area is 265 Å². The molecule has 13 heteroatoms. The van der Waals surface area contributed by atoms with Crippen LogP contribution in [0.5, 0.6) is 5.75 Å². The van der Waals surface area contributed by atoms with E-state index >= 15 is 0 Å². The number of aliphatic hydroxyl groups is 1. The summed E-state index contributed by atoms with van der Waals surface area (Å²) in [6.07, 6.45) is -0.947. The van der Waals surface area contributed by atoms with E-state index < -0.39 is 39.8 Å². The molecule has 2 aliphatic rings. The Hall–Kier alpha value is -3.23. The molecule has 3 N–H and O–H groups in total. The second-order valence-electron chi connectivity index (χ2n) is 12.4. The SMILES string of the molecule is COc1ccc(S(=O)(=O)N(CC(O)C(Cc2ccccc2)NC(=O)OC2COC3OCCC23)CC(C)(C)CC/C(C)=N\O)cc1. The number of methoxy groups -OCH3 is 1. The van der Waals surface area contributed by atoms with Crippen LogP contribution in [0, 0.1) is 11.3 Å². The van der Waals surface area contributed by atoms with Gasteiger partial charge in [0.05, 0.1) is 49.0 Å². The van der Waals surface area contributed by atoms with Crippen molar-refractivity contribution in [2.24, 2.45) is 16.5 Å². The number of ether oxygens (including phenoxy) is 4. The van der Waals surface area contributed by atoms with E-state index in [-0.39, 0.29) is 43.2 Å². The molecular weight excluding hydrogens is 602 g/mol. The number of aliphatic hydroxyl groups excluding tert-OH is 1. The lowest BCUT2D eigenvalue weighted by molar-refractivity contribution is -0.0907. The van der Waals surface area contributed by atoms with Gasteiger partial charge in [0.1, 0.15) is 11.9 Å². The van der Waals surface area contributed by atoms with Crippen LogP contribution < -0.4 is 10.1 Å². The molecule has 2 aliphatic heterocycles. The molecule has 5 unspecified atom stereocenters. The maximum Gasteiger partial charge on any atom is 0.407 e. The molecule has 0 spiro atoms. The third-order valence-corrected chi connectivity index (χ3v) is 10.2. The summed E-state index contributed by atoms with van der Waals surface area (Å²) in [4.78, 5) is 13.2. The van der Waals surface area contributed by atoms with Crippen molar-refractivity contribution in [3.8, 4) is 5.75 Å². The van der Waals surface area contributed by atoms with Gasteiger partial charge < -0.3 is 34.6 Å². The van der Waals surface area contributed by atoms with Gasteiger partial charge in [-0.05, 0) is 67.9 Å². The van der Waals surface area contributed by atoms with Crippen LogP contribution in [-0.2, 0) is 30.7 Å². The highest BCUT2D eigenvalue weighted by atomic mass is 32.2. The molecule has 5 atom stereocenters. The zero-order valence-electron chi connectivity index (χ0n) is 26.3. The Morgan fingerprint density at radius 2 is 1.87 bits per heavy atom. The predicted octanol–water partition coefficient (Wildman–Crippen LogP) is 3.80. The van der Waals surface area contributed by atoms with Gasteiger partial charge in [-0.15, -0.1) is 0 Å². The van der Waals surface area contributed by atoms with Crippen molar-refractivity contribution < 1.29 is 42.5 Å². The summed E-state index contributed by atoms with van der Waals surface area (Å²) in [7, 11) is -2.60. The van der Waals surface area contributed by atoms with Crippen LogP contribution in [0.1, 0.15) is 45.6 Å². The van der Waals surface area contributed by atoms with Crippen molar-refractivity contribution in [2.75, 3.05) is 33.4 Å². The van der Waals surface area contributed by atoms with Gasteiger partial charge in [-0.2, -0.15) is 4.31 Å². The number of carbonyl (C=O) groups excluding carboxylic acids is 1. The fourth-order valence-electron chi connectivity index (χ4n) is 5.63. The van der Waals surface area contributed by atoms with Crippen LogP contribution in [0.15, 0.2) is 64.6 Å². The standard InChI is InChI=1S/C32H45N3O9S/c1-22(34-38)14-16-32(2,3)21-35(45(39,40)25-12-10-24(41-4)11-13-25)19-28(36)27(18-23-8-6-5-7-9-23)33-31(37)44-29-20-43-30-26(29)15-17-42-30/h5-13,26-30,36,38H,14-21H2,1-4H3,(H,33,37)/b34-22-. The van der Waals surface area contributed by atoms with Crippen molar-refractivity contribution >= 4 is 21.8 Å². The van der Waals surface area contributed by atoms with Crippen LogP contribution >= 0.6 is 0 Å². The van der Waals surface area contributed by atoms with Crippen LogP contribution in [0.4, 0.5) is 4.79 Å². The lowest BCUT2D eigenvalue weighted by atomic mass is 9.86. The average molecular weight is 648 g/mol. The third-order valence-electron chi connectivity index (χ3n) is 8.34. The zero-order valence-corrected chi connectivity index (χ0v) is 27.1. The van der Waals surface area contributed by atoms with Crippen LogP contribution in [0.25, 0.3) is 0 Å². The molecule has 2 aromatic rings. The first-order valence-electron chi connectivity index (χ1n) is 15.2. The van der Waals surface area contributed by atoms with Gasteiger partial charge in [0.25, 0.3) is 0 Å². The lowest BCUT2D eigenvalue weighted by Crippen LogP contribution is -2.52. The van der Waals surface area contributed by atoms with Gasteiger partial charge in [0, 0.05) is 13.1 Å². The summed E-state index contributed by atoms with van der Waals surface area (Å²) in [6.45, 7) is 6.05. The summed E-state index contributed by atoms with van der Waals surface area (Å²) < 4.78 is 51.4. The number of rotatable bonds is 15. The van der Waals surface area contributed by atoms with Crippen LogP contribution in [0.2, 0.25) is 0 Å². The summed E-state index contributed by atoms with van der Waals surface area (Å²) >= 11 is 0. The molecule has 248 valence electrons. The molecule has 2 aromatic carbocycles. The number of hydrogen-bond donors (Lipinski definition) is 3. The third kappa shape index (κ3) is 9.39. The molecule has 4 rings (SSSR count). The minimum absolute atomic E-state index is 0.0425. The van der Waals surface area contributed by atoms with E-state index in [1.165, 1.54) is 23.5 Å². The zero-order chi connectivity index (χ0) is 32.6. The van der Waals surface area contributed by atoms with Gasteiger partial charge in [-0.3, -0.25) is 0 Å². The maximum absolute atomic E-state index is 14.1. The molecule has 2 fully saturated rings. The van der Waals surface area contributed by atoms with E-state index in [0.717, 1.165) is 12.0 Å². The van der Waals surface area contributed by atoms with Gasteiger partial charge in [0.2, 0.25) is 10.0 Å². The van der Waals surface area contributed by atoms with Crippen molar-refractivity contribution in [3.05, 3.63) is 60.2 Å². The average Bonchev–Trinajstić information content (AvgIpc) is 3.65. The topological polar surface area (TPSA) is 156 Å². The molecule has 0 radical (unpaired) electrons. The molecule has 0 aliphatic carbocycles. The molecule has 2 saturated heterocycles. The number of nitrogens with one attached hydrogen (secondary N) is 1. The number of amides is 1. The molecule has 2 heterocycles. The summed E-state index contributed by atoms with van der Waals surface area (Å²) in [5, 5.41) is 26.8. The maximum atomic E-state index is 14.1. The van der Waals surface area contributed by atoms with E-state index in [9.17, 15) is 18.3 Å². The summed E-state index contributed by atoms with van der Waals surface area (Å²) in [6, 6.07) is 14.5. The first kappa shape index (κ1) is 34.6. The molecule has 45 heavy (non-hydrogen) atoms. The number of alkyl carbamates (subject to hydrolysis) is 1. The van der Waals surface area contributed by atoms with E-state index in [2.05, 4.69) is 10.5 Å². The minimum atomic E-state index is -4.10. The molecular formula is C32H45N3O9S. The van der Waals surface area contributed by atoms with Crippen LogP contribution in [0.3, 0.4) is 0 Å². The number of nitrogens with zero attached hydrogens (tertiary/aromatic N) is 2. The number of oxime groups is 1. The Bertz CT molecular complexity index is 1390. The Morgan fingerprint density at radius 1 is 1.16 bits per heavy atom. The molecule has 0 bridgehead atoms. The van der Waals surface area contributed by atoms with Crippen LogP contribution in [-0.4, -0.2) is 92.8 Å². The first-order valence-corrected chi connectivity index (χ1v) is 16.6. The summed E-state index contributed by atoms with van der Waals surface area (Å²) in [5.41, 5.74) is 0.815. The Morgan fingerprint density at radius 3 is 2.53 bits per heavy atom. The second-order valence-corrected chi connectivity index (χ2v) is 14.4. The monoisotopic (exact) mass is 647 g/mol. The van der Waals surface area contributed by atoms with Gasteiger partial charge in [-0.25, -0.2) is 13.2 Å². The Kier molecular flexibility index (Phi) is 11.8. The smallest absolute Gasteiger partial charge is 0.407 e. The second kappa shape index (κ2) is 15.4. The van der Waals surface area contributed by atoms with Crippen molar-refractivity contribution in [1.82, 2.24) is 9.62 Å². The highest BCUT2D eigenvalue weighted by Gasteiger charge is 2.44. The summed E-state index contributed by atoms with van der Waals surface area (Å²) in [5.74, 6) is 0.452. The minimum Gasteiger partial charge on any atom is -0.497 e. The quantitative estimate of drug-likeness (QED) is 0.149. The fraction of sp³-hybridized carbons (Fsp3) is 0.562. The lowest BCUT2D eigenvalue weighted by Gasteiger charge is -2.35. The molecule has 1 amide bonds. The van der Waals surface area contributed by atoms with Crippen molar-refractivity contribution in [1.29, 1.82) is 0 Å². The number of carbonyl (C=O) groups is 1. The van der Waals surface area contributed by atoms with Crippen molar-refractivity contribution in [3.63, 3.8) is 0 Å².